The number of carbonyl (C=O) groups excluding carboxylic acids is 1. The van der Waals surface area contributed by atoms with E-state index in [-0.39, 0.29) is 30.8 Å². The van der Waals surface area contributed by atoms with Gasteiger partial charge in [0.25, 0.3) is 0 Å². The molecular weight excluding hydrogens is 214 g/mol. The third-order valence-corrected chi connectivity index (χ3v) is 2.20. The molecule has 0 heterocycles. The van der Waals surface area contributed by atoms with Crippen LogP contribution in [0, 0.1) is 6.92 Å². The lowest BCUT2D eigenvalue weighted by Crippen LogP contribution is -2.22. The van der Waals surface area contributed by atoms with Crippen LogP contribution in [0.3, 0.4) is 0 Å². The van der Waals surface area contributed by atoms with E-state index in [9.17, 15) is 4.79 Å². The molecule has 1 rings (SSSR count). The molecule has 2 N–H and O–H groups in total. The Bertz CT molecular complexity index is 311. The van der Waals surface area contributed by atoms with Gasteiger partial charge < -0.3 is 10.5 Å². The molecule has 1 unspecified atom stereocenters. The Balaban J connectivity index is 0.00000196. The van der Waals surface area contributed by atoms with Crippen LogP contribution in [0.15, 0.2) is 24.3 Å². The third-order valence-electron chi connectivity index (χ3n) is 2.20. The second-order valence-corrected chi connectivity index (χ2v) is 3.22. The summed E-state index contributed by atoms with van der Waals surface area (Å²) in [5.41, 5.74) is 7.59. The summed E-state index contributed by atoms with van der Waals surface area (Å²) in [6.45, 7) is 2.27. The zero-order valence-corrected chi connectivity index (χ0v) is 9.71. The molecule has 1 aromatic rings. The van der Waals surface area contributed by atoms with Gasteiger partial charge in [0.2, 0.25) is 0 Å². The molecule has 0 saturated carbocycles. The van der Waals surface area contributed by atoms with Gasteiger partial charge in [0.15, 0.2) is 0 Å². The molecular formula is C11H16ClNO2. The van der Waals surface area contributed by atoms with E-state index < -0.39 is 0 Å². The van der Waals surface area contributed by atoms with E-state index in [0.717, 1.165) is 11.1 Å². The van der Waals surface area contributed by atoms with Gasteiger partial charge in [0.1, 0.15) is 0 Å². The third kappa shape index (κ3) is 3.53. The highest BCUT2D eigenvalue weighted by Crippen LogP contribution is 2.16. The second-order valence-electron chi connectivity index (χ2n) is 3.22. The fourth-order valence-corrected chi connectivity index (χ4v) is 1.31. The number of halogens is 1. The van der Waals surface area contributed by atoms with Gasteiger partial charge in [-0.05, 0) is 12.5 Å². The molecule has 0 amide bonds. The van der Waals surface area contributed by atoms with Crippen molar-refractivity contribution in [2.24, 2.45) is 5.73 Å². The summed E-state index contributed by atoms with van der Waals surface area (Å²) in [5, 5.41) is 0. The Morgan fingerprint density at radius 3 is 2.33 bits per heavy atom. The normalized spacial score (nSPS) is 11.4. The van der Waals surface area contributed by atoms with E-state index in [2.05, 4.69) is 4.74 Å². The molecule has 84 valence electrons. The van der Waals surface area contributed by atoms with Crippen molar-refractivity contribution in [3.63, 3.8) is 0 Å². The topological polar surface area (TPSA) is 52.3 Å². The molecule has 3 nitrogen and oxygen atoms in total. The number of rotatable bonds is 3. The van der Waals surface area contributed by atoms with Gasteiger partial charge in [0.05, 0.1) is 13.0 Å². The van der Waals surface area contributed by atoms with Crippen LogP contribution >= 0.6 is 12.4 Å². The van der Waals surface area contributed by atoms with Crippen molar-refractivity contribution >= 4 is 18.4 Å². The first-order valence-electron chi connectivity index (χ1n) is 4.53. The van der Waals surface area contributed by atoms with Crippen molar-refractivity contribution < 1.29 is 9.53 Å². The van der Waals surface area contributed by atoms with Crippen LogP contribution in [0.5, 0.6) is 0 Å². The van der Waals surface area contributed by atoms with Gasteiger partial charge >= 0.3 is 5.97 Å². The molecule has 0 radical (unpaired) electrons. The van der Waals surface area contributed by atoms with Crippen molar-refractivity contribution in [3.8, 4) is 0 Å². The van der Waals surface area contributed by atoms with Gasteiger partial charge in [-0.25, -0.2) is 0 Å². The molecule has 4 heteroatoms. The fraction of sp³-hybridized carbons (Fsp3) is 0.364. The molecule has 0 aliphatic rings. The minimum atomic E-state index is -0.347. The first-order valence-corrected chi connectivity index (χ1v) is 4.53. The van der Waals surface area contributed by atoms with Crippen LogP contribution in [0.1, 0.15) is 17.0 Å². The summed E-state index contributed by atoms with van der Waals surface area (Å²) in [6.07, 6.45) is 0. The molecule has 0 saturated heterocycles. The van der Waals surface area contributed by atoms with Crippen molar-refractivity contribution in [2.45, 2.75) is 12.8 Å². The van der Waals surface area contributed by atoms with E-state index in [1.54, 1.807) is 0 Å². The highest BCUT2D eigenvalue weighted by Gasteiger charge is 2.18. The Kier molecular flexibility index (Phi) is 5.97. The first kappa shape index (κ1) is 13.9. The second kappa shape index (κ2) is 6.43. The van der Waals surface area contributed by atoms with E-state index in [1.807, 2.05) is 31.2 Å². The number of benzene rings is 1. The molecule has 1 aromatic carbocycles. The van der Waals surface area contributed by atoms with Gasteiger partial charge in [-0.3, -0.25) is 4.79 Å². The van der Waals surface area contributed by atoms with E-state index in [0.29, 0.717) is 0 Å². The summed E-state index contributed by atoms with van der Waals surface area (Å²) < 4.78 is 4.67. The number of esters is 1. The van der Waals surface area contributed by atoms with Crippen LogP contribution in [0.25, 0.3) is 0 Å². The lowest BCUT2D eigenvalue weighted by molar-refractivity contribution is -0.142. The van der Waals surface area contributed by atoms with Crippen molar-refractivity contribution in [1.82, 2.24) is 0 Å². The Morgan fingerprint density at radius 2 is 1.93 bits per heavy atom. The van der Waals surface area contributed by atoms with Crippen LogP contribution in [-0.4, -0.2) is 19.6 Å². The SMILES string of the molecule is COC(=O)C(CN)c1ccc(C)cc1.Cl. The quantitative estimate of drug-likeness (QED) is 0.802. The van der Waals surface area contributed by atoms with Crippen LogP contribution in [-0.2, 0) is 9.53 Å². The first-order chi connectivity index (χ1) is 6.69. The van der Waals surface area contributed by atoms with Gasteiger partial charge in [-0.2, -0.15) is 0 Å². The predicted molar refractivity (Wildman–Crippen MR) is 62.2 cm³/mol. The predicted octanol–water partition coefficient (Wildman–Crippen LogP) is 1.63. The van der Waals surface area contributed by atoms with Crippen LogP contribution in [0.2, 0.25) is 0 Å². The standard InChI is InChI=1S/C11H15NO2.ClH/c1-8-3-5-9(6-4-8)10(7-12)11(13)14-2;/h3-6,10H,7,12H2,1-2H3;1H. The summed E-state index contributed by atoms with van der Waals surface area (Å²) in [4.78, 5) is 11.3. The molecule has 0 bridgehead atoms. The Morgan fingerprint density at radius 1 is 1.40 bits per heavy atom. The van der Waals surface area contributed by atoms with Crippen molar-refractivity contribution in [2.75, 3.05) is 13.7 Å². The average molecular weight is 230 g/mol. The molecule has 0 aromatic heterocycles. The van der Waals surface area contributed by atoms with E-state index >= 15 is 0 Å². The number of ether oxygens (including phenoxy) is 1. The fourth-order valence-electron chi connectivity index (χ4n) is 1.31. The monoisotopic (exact) mass is 229 g/mol. The largest absolute Gasteiger partial charge is 0.469 e. The highest BCUT2D eigenvalue weighted by molar-refractivity contribution is 5.85. The highest BCUT2D eigenvalue weighted by atomic mass is 35.5. The molecule has 0 spiro atoms. The summed E-state index contributed by atoms with van der Waals surface area (Å²) >= 11 is 0. The van der Waals surface area contributed by atoms with Crippen LogP contribution in [0.4, 0.5) is 0 Å². The zero-order valence-electron chi connectivity index (χ0n) is 8.90. The molecule has 15 heavy (non-hydrogen) atoms. The smallest absolute Gasteiger partial charge is 0.314 e. The lowest BCUT2D eigenvalue weighted by Gasteiger charge is -2.12. The summed E-state index contributed by atoms with van der Waals surface area (Å²) in [6, 6.07) is 7.73. The molecule has 1 atom stereocenters. The number of carbonyl (C=O) groups is 1. The molecule has 0 fully saturated rings. The minimum absolute atomic E-state index is 0. The van der Waals surface area contributed by atoms with Crippen LogP contribution < -0.4 is 5.73 Å². The van der Waals surface area contributed by atoms with E-state index in [1.165, 1.54) is 7.11 Å². The van der Waals surface area contributed by atoms with Gasteiger partial charge in [0, 0.05) is 6.54 Å². The number of hydrogen-bond acceptors (Lipinski definition) is 3. The number of hydrogen-bond donors (Lipinski definition) is 1. The maximum atomic E-state index is 11.3. The summed E-state index contributed by atoms with van der Waals surface area (Å²) in [7, 11) is 1.37. The average Bonchev–Trinajstić information content (AvgIpc) is 2.21. The Labute approximate surface area is 96.0 Å². The summed E-state index contributed by atoms with van der Waals surface area (Å²) in [5.74, 6) is -0.628. The zero-order chi connectivity index (χ0) is 10.6. The lowest BCUT2D eigenvalue weighted by atomic mass is 9.98. The molecule has 0 aliphatic carbocycles. The maximum absolute atomic E-state index is 11.3. The number of nitrogens with two attached hydrogens (primary N) is 1. The van der Waals surface area contributed by atoms with Gasteiger partial charge in [-0.1, -0.05) is 29.8 Å². The Hall–Kier alpha value is -1.06. The van der Waals surface area contributed by atoms with Crippen molar-refractivity contribution in [3.05, 3.63) is 35.4 Å². The minimum Gasteiger partial charge on any atom is -0.469 e. The maximum Gasteiger partial charge on any atom is 0.314 e. The van der Waals surface area contributed by atoms with Crippen molar-refractivity contribution in [1.29, 1.82) is 0 Å². The number of aryl methyl sites for hydroxylation is 1. The molecule has 0 aliphatic heterocycles. The van der Waals surface area contributed by atoms with Gasteiger partial charge in [-0.15, -0.1) is 12.4 Å². The number of methoxy groups -OCH3 is 1. The van der Waals surface area contributed by atoms with E-state index in [4.69, 9.17) is 5.73 Å².